The minimum absolute atomic E-state index is 0.0459. The predicted octanol–water partition coefficient (Wildman–Crippen LogP) is 4.18. The number of esters is 1. The average Bonchev–Trinajstić information content (AvgIpc) is 2.81. The van der Waals surface area contributed by atoms with Gasteiger partial charge in [-0.05, 0) is 70.7 Å². The Labute approximate surface area is 216 Å². The molecule has 35 heavy (non-hydrogen) atoms. The zero-order valence-electron chi connectivity index (χ0n) is 19.6. The van der Waals surface area contributed by atoms with E-state index in [1.165, 1.54) is 14.2 Å². The molecule has 0 fully saturated rings. The number of amides is 2. The van der Waals surface area contributed by atoms with Crippen molar-refractivity contribution in [3.05, 3.63) is 68.2 Å². The standard InChI is InChI=1S/C25H24BrN3O5S/c1-13-7-14(2)9-16(8-13)28-20(30)12-35-24-17(11-27)21(22(23(31)29-24)25(32)34-4)15-5-6-19(33-3)18(26)10-15/h5-10,21-22H,12H2,1-4H3,(H,28,30)(H,29,31)/t21-,22+/m1/s1. The molecular formula is C25H24BrN3O5S. The zero-order chi connectivity index (χ0) is 25.7. The summed E-state index contributed by atoms with van der Waals surface area (Å²) in [5.41, 5.74) is 3.43. The summed E-state index contributed by atoms with van der Waals surface area (Å²) in [7, 11) is 2.71. The van der Waals surface area contributed by atoms with Crippen molar-refractivity contribution >= 4 is 51.2 Å². The summed E-state index contributed by atoms with van der Waals surface area (Å²) in [4.78, 5) is 38.1. The van der Waals surface area contributed by atoms with Gasteiger partial charge in [-0.3, -0.25) is 14.4 Å². The highest BCUT2D eigenvalue weighted by molar-refractivity contribution is 9.10. The van der Waals surface area contributed by atoms with Gasteiger partial charge in [-0.1, -0.05) is 23.9 Å². The number of hydrogen-bond acceptors (Lipinski definition) is 7. The lowest BCUT2D eigenvalue weighted by Crippen LogP contribution is -2.44. The third-order valence-corrected chi connectivity index (χ3v) is 7.01. The molecule has 1 heterocycles. The van der Waals surface area contributed by atoms with Crippen LogP contribution >= 0.6 is 27.7 Å². The largest absolute Gasteiger partial charge is 0.496 e. The van der Waals surface area contributed by atoms with E-state index < -0.39 is 23.7 Å². The molecule has 0 aromatic heterocycles. The average molecular weight is 558 g/mol. The number of carbonyl (C=O) groups is 3. The summed E-state index contributed by atoms with van der Waals surface area (Å²) in [5.74, 6) is -3.30. The van der Waals surface area contributed by atoms with Gasteiger partial charge in [-0.2, -0.15) is 5.26 Å². The van der Waals surface area contributed by atoms with Gasteiger partial charge in [-0.15, -0.1) is 0 Å². The number of ether oxygens (including phenoxy) is 2. The van der Waals surface area contributed by atoms with Crippen molar-refractivity contribution < 1.29 is 23.9 Å². The molecule has 2 amide bonds. The summed E-state index contributed by atoms with van der Waals surface area (Å²) in [5, 5.41) is 15.7. The fourth-order valence-corrected chi connectivity index (χ4v) is 5.34. The molecule has 0 bridgehead atoms. The number of halogens is 1. The summed E-state index contributed by atoms with van der Waals surface area (Å²) < 4.78 is 10.7. The van der Waals surface area contributed by atoms with Crippen molar-refractivity contribution in [3.8, 4) is 11.8 Å². The molecule has 0 spiro atoms. The number of methoxy groups -OCH3 is 2. The Balaban J connectivity index is 1.92. The first-order valence-electron chi connectivity index (χ1n) is 10.6. The van der Waals surface area contributed by atoms with E-state index in [4.69, 9.17) is 9.47 Å². The molecule has 1 aliphatic heterocycles. The third kappa shape index (κ3) is 6.05. The summed E-state index contributed by atoms with van der Waals surface area (Å²) in [6.45, 7) is 3.88. The van der Waals surface area contributed by atoms with Gasteiger partial charge in [0.25, 0.3) is 0 Å². The summed E-state index contributed by atoms with van der Waals surface area (Å²) >= 11 is 4.44. The van der Waals surface area contributed by atoms with Gasteiger partial charge < -0.3 is 20.1 Å². The number of hydrogen-bond donors (Lipinski definition) is 2. The molecule has 0 unspecified atom stereocenters. The first-order valence-corrected chi connectivity index (χ1v) is 12.3. The van der Waals surface area contributed by atoms with Crippen LogP contribution in [0.3, 0.4) is 0 Å². The Morgan fingerprint density at radius 2 is 1.86 bits per heavy atom. The van der Waals surface area contributed by atoms with Gasteiger partial charge in [0.2, 0.25) is 11.8 Å². The third-order valence-electron chi connectivity index (χ3n) is 5.37. The fraction of sp³-hybridized carbons (Fsp3) is 0.280. The first-order chi connectivity index (χ1) is 16.7. The van der Waals surface area contributed by atoms with Crippen molar-refractivity contribution in [2.45, 2.75) is 19.8 Å². The molecule has 2 atom stereocenters. The van der Waals surface area contributed by atoms with Gasteiger partial charge in [-0.25, -0.2) is 0 Å². The lowest BCUT2D eigenvalue weighted by molar-refractivity contribution is -0.150. The number of nitrogens with one attached hydrogen (secondary N) is 2. The van der Waals surface area contributed by atoms with E-state index in [1.807, 2.05) is 32.0 Å². The lowest BCUT2D eigenvalue weighted by atomic mass is 9.78. The molecule has 3 rings (SSSR count). The molecule has 1 aliphatic rings. The number of benzene rings is 2. The second-order valence-corrected chi connectivity index (χ2v) is 9.77. The number of aryl methyl sites for hydroxylation is 2. The number of nitrogens with zero attached hydrogens (tertiary/aromatic N) is 1. The van der Waals surface area contributed by atoms with Crippen LogP contribution in [-0.2, 0) is 19.1 Å². The molecule has 10 heteroatoms. The second kappa shape index (κ2) is 11.4. The van der Waals surface area contributed by atoms with Crippen LogP contribution in [0.5, 0.6) is 5.75 Å². The number of rotatable bonds is 7. The van der Waals surface area contributed by atoms with E-state index in [0.29, 0.717) is 21.5 Å². The number of anilines is 1. The molecule has 2 aromatic rings. The minimum atomic E-state index is -1.26. The van der Waals surface area contributed by atoms with Gasteiger partial charge >= 0.3 is 5.97 Å². The van der Waals surface area contributed by atoms with E-state index in [1.54, 1.807) is 18.2 Å². The van der Waals surface area contributed by atoms with E-state index in [-0.39, 0.29) is 22.3 Å². The highest BCUT2D eigenvalue weighted by Gasteiger charge is 2.44. The quantitative estimate of drug-likeness (QED) is 0.387. The van der Waals surface area contributed by atoms with Crippen molar-refractivity contribution in [1.29, 1.82) is 5.26 Å². The number of nitriles is 1. The number of carbonyl (C=O) groups excluding carboxylic acids is 3. The Bertz CT molecular complexity index is 1230. The molecule has 2 N–H and O–H groups in total. The lowest BCUT2D eigenvalue weighted by Gasteiger charge is -2.31. The van der Waals surface area contributed by atoms with Gasteiger partial charge in [0, 0.05) is 11.6 Å². The molecule has 2 aromatic carbocycles. The number of allylic oxidation sites excluding steroid dienone is 1. The van der Waals surface area contributed by atoms with E-state index >= 15 is 0 Å². The molecule has 0 radical (unpaired) electrons. The Hall–Kier alpha value is -3.29. The summed E-state index contributed by atoms with van der Waals surface area (Å²) in [6.07, 6.45) is 0. The monoisotopic (exact) mass is 557 g/mol. The predicted molar refractivity (Wildman–Crippen MR) is 137 cm³/mol. The van der Waals surface area contributed by atoms with Crippen molar-refractivity contribution in [3.63, 3.8) is 0 Å². The molecule has 0 saturated carbocycles. The Kier molecular flexibility index (Phi) is 8.59. The SMILES string of the molecule is COC(=O)[C@@H]1C(=O)NC(SCC(=O)Nc2cc(C)cc(C)c2)=C(C#N)[C@H]1c1ccc(OC)c(Br)c1. The molecule has 182 valence electrons. The highest BCUT2D eigenvalue weighted by Crippen LogP contribution is 2.42. The van der Waals surface area contributed by atoms with E-state index in [9.17, 15) is 19.6 Å². The fourth-order valence-electron chi connectivity index (χ4n) is 3.94. The minimum Gasteiger partial charge on any atom is -0.496 e. The summed E-state index contributed by atoms with van der Waals surface area (Å²) in [6, 6.07) is 12.9. The zero-order valence-corrected chi connectivity index (χ0v) is 22.0. The maximum atomic E-state index is 13.0. The van der Waals surface area contributed by atoms with Crippen molar-refractivity contribution in [1.82, 2.24) is 5.32 Å². The molecule has 0 saturated heterocycles. The van der Waals surface area contributed by atoms with E-state index in [0.717, 1.165) is 22.9 Å². The van der Waals surface area contributed by atoms with Crippen LogP contribution in [0.25, 0.3) is 0 Å². The van der Waals surface area contributed by atoms with Crippen LogP contribution in [0.4, 0.5) is 5.69 Å². The van der Waals surface area contributed by atoms with Gasteiger partial charge in [0.05, 0.1) is 41.1 Å². The highest BCUT2D eigenvalue weighted by atomic mass is 79.9. The van der Waals surface area contributed by atoms with Crippen molar-refractivity contribution in [2.75, 3.05) is 25.3 Å². The van der Waals surface area contributed by atoms with E-state index in [2.05, 4.69) is 32.6 Å². The van der Waals surface area contributed by atoms with Crippen LogP contribution in [0.1, 0.15) is 22.6 Å². The van der Waals surface area contributed by atoms with Gasteiger partial charge in [0.1, 0.15) is 11.7 Å². The normalized spacial score (nSPS) is 17.3. The smallest absolute Gasteiger partial charge is 0.319 e. The van der Waals surface area contributed by atoms with Gasteiger partial charge in [0.15, 0.2) is 0 Å². The number of thioether (sulfide) groups is 1. The van der Waals surface area contributed by atoms with Crippen LogP contribution in [0.2, 0.25) is 0 Å². The Morgan fingerprint density at radius 1 is 1.17 bits per heavy atom. The van der Waals surface area contributed by atoms with Crippen LogP contribution in [0, 0.1) is 31.1 Å². The Morgan fingerprint density at radius 3 is 2.43 bits per heavy atom. The maximum Gasteiger partial charge on any atom is 0.319 e. The molecule has 8 nitrogen and oxygen atoms in total. The first kappa shape index (κ1) is 26.3. The van der Waals surface area contributed by atoms with Crippen LogP contribution in [0.15, 0.2) is 51.5 Å². The van der Waals surface area contributed by atoms with Crippen molar-refractivity contribution in [2.24, 2.45) is 5.92 Å². The van der Waals surface area contributed by atoms with Crippen LogP contribution in [-0.4, -0.2) is 37.8 Å². The second-order valence-electron chi connectivity index (χ2n) is 7.93. The molecular weight excluding hydrogens is 534 g/mol. The van der Waals surface area contributed by atoms with Crippen LogP contribution < -0.4 is 15.4 Å². The topological polar surface area (TPSA) is 118 Å². The maximum absolute atomic E-state index is 13.0. The molecule has 0 aliphatic carbocycles.